The second-order valence-electron chi connectivity index (χ2n) is 4.99. The smallest absolute Gasteiger partial charge is 0.294 e. The standard InChI is InChI=1S/C16H11ClN4O4S/c17-11-6-7-12(13(8-11)21(23)24)18-14(22)9-26-16-20-19-15(25-16)10-4-2-1-3-5-10/h1-8H,9H2,(H,18,22). The minimum absolute atomic E-state index is 0.0454. The average molecular weight is 391 g/mol. The first kappa shape index (κ1) is 17.9. The molecule has 0 atom stereocenters. The number of anilines is 1. The Morgan fingerprint density at radius 3 is 2.73 bits per heavy atom. The molecule has 0 radical (unpaired) electrons. The number of nitro groups is 1. The predicted octanol–water partition coefficient (Wildman–Crippen LogP) is 4.03. The van der Waals surface area contributed by atoms with Crippen molar-refractivity contribution in [3.63, 3.8) is 0 Å². The number of nitrogens with one attached hydrogen (secondary N) is 1. The summed E-state index contributed by atoms with van der Waals surface area (Å²) in [5.74, 6) is -0.141. The van der Waals surface area contributed by atoms with Crippen LogP contribution < -0.4 is 5.32 Å². The van der Waals surface area contributed by atoms with Crippen molar-refractivity contribution in [1.82, 2.24) is 10.2 Å². The van der Waals surface area contributed by atoms with Gasteiger partial charge in [0.1, 0.15) is 5.69 Å². The topological polar surface area (TPSA) is 111 Å². The summed E-state index contributed by atoms with van der Waals surface area (Å²) in [6.07, 6.45) is 0. The molecule has 1 N–H and O–H groups in total. The Morgan fingerprint density at radius 1 is 1.23 bits per heavy atom. The van der Waals surface area contributed by atoms with E-state index in [1.807, 2.05) is 30.3 Å². The van der Waals surface area contributed by atoms with Gasteiger partial charge in [-0.25, -0.2) is 0 Å². The van der Waals surface area contributed by atoms with E-state index >= 15 is 0 Å². The molecule has 1 aromatic heterocycles. The molecule has 0 spiro atoms. The molecule has 3 aromatic rings. The van der Waals surface area contributed by atoms with E-state index in [0.29, 0.717) is 5.89 Å². The highest BCUT2D eigenvalue weighted by molar-refractivity contribution is 7.99. The summed E-state index contributed by atoms with van der Waals surface area (Å²) in [5, 5.41) is 21.7. The molecule has 0 aliphatic heterocycles. The molecule has 0 bridgehead atoms. The molecule has 0 saturated heterocycles. The van der Waals surface area contributed by atoms with Crippen LogP contribution in [0, 0.1) is 10.1 Å². The van der Waals surface area contributed by atoms with E-state index in [2.05, 4.69) is 15.5 Å². The van der Waals surface area contributed by atoms with Crippen LogP contribution in [0.15, 0.2) is 58.2 Å². The third-order valence-corrected chi connectivity index (χ3v) is 4.24. The molecule has 0 fully saturated rings. The van der Waals surface area contributed by atoms with E-state index < -0.39 is 10.8 Å². The Kier molecular flexibility index (Phi) is 5.49. The van der Waals surface area contributed by atoms with Crippen LogP contribution in [0.3, 0.4) is 0 Å². The maximum atomic E-state index is 12.0. The monoisotopic (exact) mass is 390 g/mol. The fraction of sp³-hybridized carbons (Fsp3) is 0.0625. The number of aromatic nitrogens is 2. The molecule has 0 aliphatic rings. The summed E-state index contributed by atoms with van der Waals surface area (Å²) in [4.78, 5) is 22.5. The summed E-state index contributed by atoms with van der Waals surface area (Å²) in [6.45, 7) is 0. The van der Waals surface area contributed by atoms with Gasteiger partial charge in [0.2, 0.25) is 11.8 Å². The van der Waals surface area contributed by atoms with Gasteiger partial charge in [-0.1, -0.05) is 41.6 Å². The fourth-order valence-electron chi connectivity index (χ4n) is 2.04. The molecule has 1 amide bonds. The number of rotatable bonds is 6. The van der Waals surface area contributed by atoms with Crippen molar-refractivity contribution in [2.45, 2.75) is 5.22 Å². The first-order valence-corrected chi connectivity index (χ1v) is 8.65. The molecule has 2 aromatic carbocycles. The van der Waals surface area contributed by atoms with Gasteiger partial charge in [0.05, 0.1) is 10.7 Å². The largest absolute Gasteiger partial charge is 0.411 e. The van der Waals surface area contributed by atoms with Crippen molar-refractivity contribution in [1.29, 1.82) is 0 Å². The molecular weight excluding hydrogens is 380 g/mol. The molecule has 132 valence electrons. The van der Waals surface area contributed by atoms with Crippen LogP contribution in [0.4, 0.5) is 11.4 Å². The van der Waals surface area contributed by atoms with Crippen LogP contribution in [-0.2, 0) is 4.79 Å². The lowest BCUT2D eigenvalue weighted by Crippen LogP contribution is -2.15. The number of thioether (sulfide) groups is 1. The molecular formula is C16H11ClN4O4S. The van der Waals surface area contributed by atoms with Crippen molar-refractivity contribution >= 4 is 40.6 Å². The lowest BCUT2D eigenvalue weighted by Gasteiger charge is -2.05. The van der Waals surface area contributed by atoms with Crippen LogP contribution in [0.2, 0.25) is 5.02 Å². The zero-order valence-corrected chi connectivity index (χ0v) is 14.7. The highest BCUT2D eigenvalue weighted by Crippen LogP contribution is 2.28. The van der Waals surface area contributed by atoms with Crippen molar-refractivity contribution < 1.29 is 14.1 Å². The minimum atomic E-state index is -0.612. The summed E-state index contributed by atoms with van der Waals surface area (Å²) < 4.78 is 5.48. The van der Waals surface area contributed by atoms with Gasteiger partial charge < -0.3 is 9.73 Å². The third-order valence-electron chi connectivity index (χ3n) is 3.18. The number of halogens is 1. The number of carbonyl (C=O) groups is 1. The Balaban J connectivity index is 1.62. The number of carbonyl (C=O) groups excluding carboxylic acids is 1. The number of nitrogens with zero attached hydrogens (tertiary/aromatic N) is 3. The summed E-state index contributed by atoms with van der Waals surface area (Å²) in [7, 11) is 0. The first-order valence-electron chi connectivity index (χ1n) is 7.28. The summed E-state index contributed by atoms with van der Waals surface area (Å²) >= 11 is 6.78. The van der Waals surface area contributed by atoms with Gasteiger partial charge >= 0.3 is 0 Å². The molecule has 26 heavy (non-hydrogen) atoms. The van der Waals surface area contributed by atoms with Crippen LogP contribution >= 0.6 is 23.4 Å². The van der Waals surface area contributed by atoms with Gasteiger partial charge in [-0.05, 0) is 24.3 Å². The minimum Gasteiger partial charge on any atom is -0.411 e. The van der Waals surface area contributed by atoms with Gasteiger partial charge in [-0.3, -0.25) is 14.9 Å². The Labute approximate surface area is 156 Å². The van der Waals surface area contributed by atoms with E-state index in [4.69, 9.17) is 16.0 Å². The van der Waals surface area contributed by atoms with Gasteiger partial charge in [0.25, 0.3) is 10.9 Å². The second kappa shape index (κ2) is 7.98. The molecule has 3 rings (SSSR count). The van der Waals surface area contributed by atoms with Gasteiger partial charge in [-0.15, -0.1) is 10.2 Å². The van der Waals surface area contributed by atoms with Crippen molar-refractivity contribution in [2.24, 2.45) is 0 Å². The van der Waals surface area contributed by atoms with Crippen LogP contribution in [0.5, 0.6) is 0 Å². The quantitative estimate of drug-likeness (QED) is 0.384. The number of amides is 1. The summed E-state index contributed by atoms with van der Waals surface area (Å²) in [6, 6.07) is 13.2. The van der Waals surface area contributed by atoms with E-state index in [9.17, 15) is 14.9 Å². The van der Waals surface area contributed by atoms with Crippen molar-refractivity contribution in [3.05, 3.63) is 63.7 Å². The van der Waals surface area contributed by atoms with E-state index in [1.54, 1.807) is 0 Å². The first-order chi connectivity index (χ1) is 12.5. The molecule has 0 aliphatic carbocycles. The van der Waals surface area contributed by atoms with Gasteiger partial charge in [0, 0.05) is 16.7 Å². The van der Waals surface area contributed by atoms with E-state index in [-0.39, 0.29) is 27.4 Å². The molecule has 0 unspecified atom stereocenters. The van der Waals surface area contributed by atoms with Crippen LogP contribution in [0.1, 0.15) is 0 Å². The highest BCUT2D eigenvalue weighted by atomic mass is 35.5. The molecule has 0 saturated carbocycles. The Hall–Kier alpha value is -2.91. The van der Waals surface area contributed by atoms with E-state index in [1.165, 1.54) is 18.2 Å². The zero-order chi connectivity index (χ0) is 18.5. The number of nitro benzene ring substituents is 1. The fourth-order valence-corrected chi connectivity index (χ4v) is 2.77. The Morgan fingerprint density at radius 2 is 2.00 bits per heavy atom. The number of benzene rings is 2. The number of hydrogen-bond donors (Lipinski definition) is 1. The maximum Gasteiger partial charge on any atom is 0.294 e. The van der Waals surface area contributed by atoms with Crippen molar-refractivity contribution in [3.8, 4) is 11.5 Å². The predicted molar refractivity (Wildman–Crippen MR) is 97.2 cm³/mol. The van der Waals surface area contributed by atoms with Gasteiger partial charge in [-0.2, -0.15) is 0 Å². The molecule has 10 heteroatoms. The lowest BCUT2D eigenvalue weighted by atomic mass is 10.2. The third kappa shape index (κ3) is 4.38. The average Bonchev–Trinajstić information content (AvgIpc) is 3.11. The van der Waals surface area contributed by atoms with E-state index in [0.717, 1.165) is 17.3 Å². The van der Waals surface area contributed by atoms with Crippen LogP contribution in [0.25, 0.3) is 11.5 Å². The second-order valence-corrected chi connectivity index (χ2v) is 6.36. The zero-order valence-electron chi connectivity index (χ0n) is 13.1. The molecule has 1 heterocycles. The Bertz CT molecular complexity index is 948. The SMILES string of the molecule is O=C(CSc1nnc(-c2ccccc2)o1)Nc1ccc(Cl)cc1[N+](=O)[O-]. The highest BCUT2D eigenvalue weighted by Gasteiger charge is 2.17. The maximum absolute atomic E-state index is 12.0. The summed E-state index contributed by atoms with van der Waals surface area (Å²) in [5.41, 5.74) is 0.564. The van der Waals surface area contributed by atoms with Crippen molar-refractivity contribution in [2.75, 3.05) is 11.1 Å². The van der Waals surface area contributed by atoms with Gasteiger partial charge in [0.15, 0.2) is 0 Å². The number of hydrogen-bond acceptors (Lipinski definition) is 7. The lowest BCUT2D eigenvalue weighted by molar-refractivity contribution is -0.383. The molecule has 8 nitrogen and oxygen atoms in total. The normalized spacial score (nSPS) is 10.5. The van der Waals surface area contributed by atoms with Crippen LogP contribution in [-0.4, -0.2) is 26.8 Å².